The fourth-order valence-corrected chi connectivity index (χ4v) is 18.8. The topological polar surface area (TPSA) is 165 Å². The molecule has 146 heavy (non-hydrogen) atoms. The SMILES string of the molecule is CC(C)n1cccc1C(=O)C[C@@H](C)c1c(F)cccc1Cl.CC(CC(=O)c1cccn1C(C)C)c1c(F)cccc1Cl.CC(c1ccccc1)n1cccc1C(=O)CCc1c(F)cccc1Cl.Cc1cc[nH]c1C(=O)CCc1c(F)cccc1Cl.Cc1ccn(C)c1C(=O)CCc1c(F)cccc1Cl.Cn1cccc1C(=O)CCc1c(F)cccc1Cl.O=C(CCc1c(F)cccc1Cl)c1cccn1Cc1ccccc1. The molecule has 14 nitrogen and oxygen atoms in total. The number of carbonyl (C=O) groups excluding carboxylic acids is 7. The first-order valence-corrected chi connectivity index (χ1v) is 50.3. The Hall–Kier alpha value is -12.8. The van der Waals surface area contributed by atoms with Crippen LogP contribution >= 0.6 is 81.2 Å². The maximum atomic E-state index is 13.9. The van der Waals surface area contributed by atoms with Gasteiger partial charge in [0.1, 0.15) is 40.7 Å². The van der Waals surface area contributed by atoms with Gasteiger partial charge < -0.3 is 32.4 Å². The first-order valence-electron chi connectivity index (χ1n) is 47.6. The Morgan fingerprint density at radius 3 is 0.979 bits per heavy atom. The molecule has 0 fully saturated rings. The fraction of sp³-hybridized carbons (Fsp3) is 0.246. The zero-order chi connectivity index (χ0) is 106. The standard InChI is InChI=1S/C21H19ClFNO.C20H17ClFNO.2C17H19ClFNO.C15H15ClFNO.2C14H13ClFNO/c1-15(16-7-3-2-4-8-16)24-14-6-11-20(24)21(25)13-12-17-18(22)9-5-10-19(17)23;21-17-8-4-9-18(22)16(17)11-12-20(24)19-10-5-13-23(19)14-15-6-2-1-3-7-15;2*1-11(2)20-9-5-8-15(20)16(21)10-12(3)17-13(18)6-4-7-14(17)19;1-10-8-9-18(2)15(10)14(19)7-6-11-12(16)4-3-5-13(11)17;1-17-9-3-6-13(17)14(18)8-7-10-11(15)4-2-5-12(10)16;1-9-7-8-17-14(9)13(18)6-5-10-11(15)3-2-4-12(10)16/h2-11,14-15H,12-13H2,1H3;1-10,13H,11-12,14H2;2*4-9,11-12H,10H2,1-3H3;3-5,8-9H,6-7H2,1-2H3;2-6,9H,7-8H2,1H3;2-4,7-8,17H,5-6H2,1H3/t;;12-;;;;/m..1..../s1. The predicted molar refractivity (Wildman–Crippen MR) is 573 cm³/mol. The molecule has 16 aromatic rings. The van der Waals surface area contributed by atoms with E-state index in [9.17, 15) is 64.3 Å². The molecule has 16 rings (SSSR count). The van der Waals surface area contributed by atoms with Crippen LogP contribution in [0, 0.1) is 54.6 Å². The number of rotatable bonds is 34. The number of nitrogens with zero attached hydrogens (tertiary/aromatic N) is 6. The molecular formula is C118H115Cl7F7N7O7. The van der Waals surface area contributed by atoms with Gasteiger partial charge in [-0.1, -0.05) is 198 Å². The van der Waals surface area contributed by atoms with Crippen LogP contribution in [0.4, 0.5) is 30.7 Å². The van der Waals surface area contributed by atoms with Crippen molar-refractivity contribution in [3.63, 3.8) is 0 Å². The Balaban J connectivity index is 0.000000175. The number of hydrogen-bond donors (Lipinski definition) is 1. The number of aromatic nitrogens is 7. The Kier molecular flexibility index (Phi) is 44.3. The van der Waals surface area contributed by atoms with Crippen molar-refractivity contribution in [1.82, 2.24) is 32.4 Å². The number of benzene rings is 9. The number of carbonyl (C=O) groups is 7. The summed E-state index contributed by atoms with van der Waals surface area (Å²) in [5.41, 5.74) is 11.4. The van der Waals surface area contributed by atoms with Gasteiger partial charge in [0.05, 0.1) is 45.9 Å². The third-order valence-corrected chi connectivity index (χ3v) is 27.0. The van der Waals surface area contributed by atoms with E-state index in [0.29, 0.717) is 146 Å². The first-order chi connectivity index (χ1) is 69.7. The van der Waals surface area contributed by atoms with Gasteiger partial charge in [0.25, 0.3) is 0 Å². The summed E-state index contributed by atoms with van der Waals surface area (Å²) >= 11 is 41.9. The largest absolute Gasteiger partial charge is 0.359 e. The highest BCUT2D eigenvalue weighted by molar-refractivity contribution is 6.33. The normalized spacial score (nSPS) is 11.5. The van der Waals surface area contributed by atoms with E-state index in [2.05, 4.69) is 11.9 Å². The maximum Gasteiger partial charge on any atom is 0.179 e. The van der Waals surface area contributed by atoms with Crippen LogP contribution in [0.5, 0.6) is 0 Å². The van der Waals surface area contributed by atoms with E-state index in [1.807, 2.05) is 234 Å². The van der Waals surface area contributed by atoms with Crippen molar-refractivity contribution in [3.05, 3.63) is 481 Å². The van der Waals surface area contributed by atoms with Crippen LogP contribution in [0.1, 0.15) is 258 Å². The van der Waals surface area contributed by atoms with Crippen molar-refractivity contribution < 1.29 is 64.3 Å². The van der Waals surface area contributed by atoms with Gasteiger partial charge in [-0.05, 0) is 272 Å². The number of nitrogens with one attached hydrogen (secondary N) is 1. The van der Waals surface area contributed by atoms with Crippen molar-refractivity contribution in [2.75, 3.05) is 0 Å². The van der Waals surface area contributed by atoms with E-state index in [0.717, 1.165) is 22.3 Å². The van der Waals surface area contributed by atoms with E-state index < -0.39 is 0 Å². The molecule has 0 spiro atoms. The van der Waals surface area contributed by atoms with Gasteiger partial charge in [-0.2, -0.15) is 0 Å². The minimum absolute atomic E-state index is 0.000481. The van der Waals surface area contributed by atoms with Gasteiger partial charge in [-0.25, -0.2) is 30.7 Å². The average Bonchev–Trinajstić information content (AvgIpc) is 1.71. The van der Waals surface area contributed by atoms with Gasteiger partial charge in [0.2, 0.25) is 0 Å². The fourth-order valence-electron chi connectivity index (χ4n) is 16.8. The van der Waals surface area contributed by atoms with Gasteiger partial charge >= 0.3 is 0 Å². The molecule has 0 saturated carbocycles. The quantitative estimate of drug-likeness (QED) is 0.0310. The summed E-state index contributed by atoms with van der Waals surface area (Å²) < 4.78 is 107. The van der Waals surface area contributed by atoms with E-state index >= 15 is 0 Å². The summed E-state index contributed by atoms with van der Waals surface area (Å²) in [7, 11) is 3.64. The lowest BCUT2D eigenvalue weighted by Crippen LogP contribution is -2.14. The molecule has 0 aliphatic rings. The lowest BCUT2D eigenvalue weighted by Gasteiger charge is -2.17. The Morgan fingerprint density at radius 2 is 0.623 bits per heavy atom. The minimum Gasteiger partial charge on any atom is -0.359 e. The first kappa shape index (κ1) is 115. The van der Waals surface area contributed by atoms with Gasteiger partial charge in [0.15, 0.2) is 40.5 Å². The van der Waals surface area contributed by atoms with Crippen LogP contribution < -0.4 is 0 Å². The Bertz CT molecular complexity index is 6740. The molecule has 7 heterocycles. The van der Waals surface area contributed by atoms with Crippen LogP contribution in [0.25, 0.3) is 0 Å². The van der Waals surface area contributed by atoms with Gasteiger partial charge in [-0.15, -0.1) is 0 Å². The third-order valence-electron chi connectivity index (χ3n) is 24.6. The van der Waals surface area contributed by atoms with E-state index in [4.69, 9.17) is 81.2 Å². The number of aryl methyl sites for hydroxylation is 4. The molecule has 0 aliphatic carbocycles. The van der Waals surface area contributed by atoms with Crippen molar-refractivity contribution >= 4 is 122 Å². The van der Waals surface area contributed by atoms with Crippen LogP contribution in [0.3, 0.4) is 0 Å². The molecule has 2 unspecified atom stereocenters. The smallest absolute Gasteiger partial charge is 0.179 e. The Labute approximate surface area is 883 Å². The molecule has 7 aromatic heterocycles. The van der Waals surface area contributed by atoms with E-state index in [1.165, 1.54) is 42.5 Å². The summed E-state index contributed by atoms with van der Waals surface area (Å²) in [6.45, 7) is 18.2. The van der Waals surface area contributed by atoms with Gasteiger partial charge in [0, 0.05) is 195 Å². The monoisotopic (exact) mass is 2120 g/mol. The number of ketones is 7. The zero-order valence-corrected chi connectivity index (χ0v) is 88.1. The molecule has 0 radical (unpaired) electrons. The second-order valence-corrected chi connectivity index (χ2v) is 38.5. The highest BCUT2D eigenvalue weighted by Gasteiger charge is 2.27. The summed E-state index contributed by atoms with van der Waals surface area (Å²) in [6, 6.07) is 74.3. The molecule has 0 aliphatic heterocycles. The van der Waals surface area contributed by atoms with Crippen LogP contribution in [0.2, 0.25) is 35.2 Å². The van der Waals surface area contributed by atoms with Crippen molar-refractivity contribution in [2.24, 2.45) is 14.1 Å². The molecule has 0 amide bonds. The molecular weight excluding hydrogens is 2010 g/mol. The van der Waals surface area contributed by atoms with Gasteiger partial charge in [-0.3, -0.25) is 33.6 Å². The molecule has 762 valence electrons. The molecule has 9 aromatic carbocycles. The number of H-pyrrole nitrogens is 1. The highest BCUT2D eigenvalue weighted by atomic mass is 35.5. The predicted octanol–water partition coefficient (Wildman–Crippen LogP) is 32.8. The molecule has 28 heteroatoms. The van der Waals surface area contributed by atoms with E-state index in [-0.39, 0.29) is 163 Å². The van der Waals surface area contributed by atoms with Crippen LogP contribution in [-0.4, -0.2) is 72.9 Å². The average molecular weight is 2120 g/mol. The van der Waals surface area contributed by atoms with Crippen LogP contribution in [0.15, 0.2) is 304 Å². The number of halogens is 14. The number of aromatic amines is 1. The number of hydrogen-bond acceptors (Lipinski definition) is 7. The summed E-state index contributed by atoms with van der Waals surface area (Å²) in [5.74, 6) is -3.13. The highest BCUT2D eigenvalue weighted by Crippen LogP contribution is 2.36. The second kappa shape index (κ2) is 56.2. The number of Topliss-reactive ketones (excluding diaryl/α,β-unsaturated/α-hetero) is 7. The zero-order valence-electron chi connectivity index (χ0n) is 82.8. The lowest BCUT2D eigenvalue weighted by molar-refractivity contribution is 0.0956. The Morgan fingerprint density at radius 1 is 0.295 bits per heavy atom. The van der Waals surface area contributed by atoms with Crippen molar-refractivity contribution in [3.8, 4) is 0 Å². The lowest BCUT2D eigenvalue weighted by atomic mass is 9.94. The molecule has 3 atom stereocenters. The third kappa shape index (κ3) is 32.1. The molecule has 0 bridgehead atoms. The second-order valence-electron chi connectivity index (χ2n) is 35.6. The summed E-state index contributed by atoms with van der Waals surface area (Å²) in [6.07, 6.45) is 16.1. The maximum absolute atomic E-state index is 13.9. The van der Waals surface area contributed by atoms with Crippen molar-refractivity contribution in [2.45, 2.75) is 176 Å². The van der Waals surface area contributed by atoms with Crippen LogP contribution in [-0.2, 0) is 52.7 Å². The molecule has 1 N–H and O–H groups in total. The van der Waals surface area contributed by atoms with E-state index in [1.54, 1.807) is 125 Å². The van der Waals surface area contributed by atoms with Crippen molar-refractivity contribution in [1.29, 1.82) is 0 Å². The minimum atomic E-state index is -0.367. The summed E-state index contributed by atoms with van der Waals surface area (Å²) in [5, 5.41) is 2.57. The summed E-state index contributed by atoms with van der Waals surface area (Å²) in [4.78, 5) is 89.0. The molecule has 0 saturated heterocycles.